The van der Waals surface area contributed by atoms with Gasteiger partial charge < -0.3 is 4.90 Å². The molecule has 0 saturated carbocycles. The Balaban J connectivity index is 1.73. The highest BCUT2D eigenvalue weighted by molar-refractivity contribution is 9.10. The van der Waals surface area contributed by atoms with Gasteiger partial charge in [-0.15, -0.1) is 6.58 Å². The number of rotatable bonds is 7. The molecule has 0 aliphatic heterocycles. The molecule has 0 N–H and O–H groups in total. The van der Waals surface area contributed by atoms with Gasteiger partial charge in [0.05, 0.1) is 17.2 Å². The van der Waals surface area contributed by atoms with Gasteiger partial charge >= 0.3 is 0 Å². The highest BCUT2D eigenvalue weighted by Crippen LogP contribution is 2.15. The second-order valence-electron chi connectivity index (χ2n) is 6.20. The Hall–Kier alpha value is -2.73. The molecular weight excluding hydrogens is 406 g/mol. The maximum atomic E-state index is 12.7. The van der Waals surface area contributed by atoms with Gasteiger partial charge in [-0.1, -0.05) is 52.3 Å². The van der Waals surface area contributed by atoms with Gasteiger partial charge in [-0.05, 0) is 23.8 Å². The summed E-state index contributed by atoms with van der Waals surface area (Å²) in [6, 6.07) is 15.2. The summed E-state index contributed by atoms with van der Waals surface area (Å²) in [5, 5.41) is 0.534. The molecule has 3 aromatic rings. The van der Waals surface area contributed by atoms with Crippen LogP contribution in [0, 0.1) is 0 Å². The molecule has 0 aliphatic carbocycles. The number of amides is 1. The van der Waals surface area contributed by atoms with Crippen LogP contribution in [-0.4, -0.2) is 26.9 Å². The van der Waals surface area contributed by atoms with Crippen LogP contribution in [0.25, 0.3) is 10.9 Å². The van der Waals surface area contributed by atoms with E-state index in [1.807, 2.05) is 36.4 Å². The van der Waals surface area contributed by atoms with Crippen molar-refractivity contribution in [2.45, 2.75) is 19.5 Å². The van der Waals surface area contributed by atoms with E-state index in [4.69, 9.17) is 0 Å². The van der Waals surface area contributed by atoms with Crippen molar-refractivity contribution >= 4 is 32.7 Å². The number of carbonyl (C=O) groups excluding carboxylic acids is 1. The average molecular weight is 426 g/mol. The van der Waals surface area contributed by atoms with Gasteiger partial charge in [0, 0.05) is 30.5 Å². The quantitative estimate of drug-likeness (QED) is 0.541. The molecule has 0 aliphatic rings. The molecule has 2 aromatic carbocycles. The predicted molar refractivity (Wildman–Crippen MR) is 110 cm³/mol. The van der Waals surface area contributed by atoms with Gasteiger partial charge in [0.1, 0.15) is 0 Å². The summed E-state index contributed by atoms with van der Waals surface area (Å²) in [6.07, 6.45) is 3.44. The Morgan fingerprint density at radius 1 is 1.22 bits per heavy atom. The van der Waals surface area contributed by atoms with Crippen LogP contribution in [0.3, 0.4) is 0 Å². The smallest absolute Gasteiger partial charge is 0.261 e. The SMILES string of the molecule is C=CCN(Cc1ccccc1)C(=O)CCn1cnc2ccc(Br)cc2c1=O. The van der Waals surface area contributed by atoms with Gasteiger partial charge in [-0.3, -0.25) is 14.2 Å². The highest BCUT2D eigenvalue weighted by atomic mass is 79.9. The average Bonchev–Trinajstić information content (AvgIpc) is 2.68. The molecule has 0 unspecified atom stereocenters. The lowest BCUT2D eigenvalue weighted by Gasteiger charge is -2.21. The van der Waals surface area contributed by atoms with E-state index in [9.17, 15) is 9.59 Å². The van der Waals surface area contributed by atoms with E-state index in [1.165, 1.54) is 10.9 Å². The molecule has 5 nitrogen and oxygen atoms in total. The third-order valence-corrected chi connectivity index (χ3v) is 4.76. The van der Waals surface area contributed by atoms with Crippen molar-refractivity contribution in [2.24, 2.45) is 0 Å². The van der Waals surface area contributed by atoms with Crippen molar-refractivity contribution in [2.75, 3.05) is 6.54 Å². The minimum absolute atomic E-state index is 0.0278. The van der Waals surface area contributed by atoms with Crippen LogP contribution < -0.4 is 5.56 Å². The van der Waals surface area contributed by atoms with Crippen LogP contribution in [-0.2, 0) is 17.9 Å². The van der Waals surface area contributed by atoms with Crippen LogP contribution in [0.5, 0.6) is 0 Å². The van der Waals surface area contributed by atoms with E-state index in [0.717, 1.165) is 10.0 Å². The Morgan fingerprint density at radius 3 is 2.74 bits per heavy atom. The number of aryl methyl sites for hydroxylation is 1. The van der Waals surface area contributed by atoms with Gasteiger partial charge in [0.15, 0.2) is 0 Å². The number of aromatic nitrogens is 2. The summed E-state index contributed by atoms with van der Waals surface area (Å²) in [5.74, 6) is -0.0278. The largest absolute Gasteiger partial charge is 0.335 e. The predicted octanol–water partition coefficient (Wildman–Crippen LogP) is 3.76. The number of hydrogen-bond donors (Lipinski definition) is 0. The maximum Gasteiger partial charge on any atom is 0.261 e. The molecule has 1 amide bonds. The Bertz CT molecular complexity index is 1010. The molecule has 138 valence electrons. The fraction of sp³-hybridized carbons (Fsp3) is 0.190. The van der Waals surface area contributed by atoms with Crippen molar-refractivity contribution in [1.82, 2.24) is 14.5 Å². The van der Waals surface area contributed by atoms with Crippen LogP contribution in [0.1, 0.15) is 12.0 Å². The molecule has 0 spiro atoms. The lowest BCUT2D eigenvalue weighted by Crippen LogP contribution is -2.32. The zero-order chi connectivity index (χ0) is 19.2. The zero-order valence-electron chi connectivity index (χ0n) is 14.8. The van der Waals surface area contributed by atoms with Crippen molar-refractivity contribution < 1.29 is 4.79 Å². The van der Waals surface area contributed by atoms with Crippen LogP contribution in [0.15, 0.2) is 76.8 Å². The van der Waals surface area contributed by atoms with Crippen LogP contribution in [0.4, 0.5) is 0 Å². The summed E-state index contributed by atoms with van der Waals surface area (Å²) in [6.45, 7) is 5.00. The first-order valence-electron chi connectivity index (χ1n) is 8.66. The Kier molecular flexibility index (Phi) is 6.19. The number of fused-ring (bicyclic) bond motifs is 1. The Morgan fingerprint density at radius 2 is 2.00 bits per heavy atom. The molecule has 6 heteroatoms. The van der Waals surface area contributed by atoms with E-state index in [2.05, 4.69) is 27.5 Å². The summed E-state index contributed by atoms with van der Waals surface area (Å²) in [4.78, 5) is 31.4. The fourth-order valence-corrected chi connectivity index (χ4v) is 3.24. The summed E-state index contributed by atoms with van der Waals surface area (Å²) in [7, 11) is 0. The third-order valence-electron chi connectivity index (χ3n) is 4.27. The fourth-order valence-electron chi connectivity index (χ4n) is 2.88. The van der Waals surface area contributed by atoms with Crippen molar-refractivity contribution in [3.8, 4) is 0 Å². The van der Waals surface area contributed by atoms with Crippen molar-refractivity contribution in [1.29, 1.82) is 0 Å². The molecule has 0 saturated heterocycles. The molecule has 0 atom stereocenters. The topological polar surface area (TPSA) is 55.2 Å². The van der Waals surface area contributed by atoms with Crippen LogP contribution in [0.2, 0.25) is 0 Å². The summed E-state index contributed by atoms with van der Waals surface area (Å²) < 4.78 is 2.31. The second kappa shape index (κ2) is 8.77. The minimum Gasteiger partial charge on any atom is -0.335 e. The Labute approximate surface area is 166 Å². The number of carbonyl (C=O) groups is 1. The number of nitrogens with zero attached hydrogens (tertiary/aromatic N) is 3. The number of halogens is 1. The third kappa shape index (κ3) is 4.71. The van der Waals surface area contributed by atoms with Crippen molar-refractivity contribution in [3.63, 3.8) is 0 Å². The molecule has 0 fully saturated rings. The summed E-state index contributed by atoms with van der Waals surface area (Å²) >= 11 is 3.38. The van der Waals surface area contributed by atoms with E-state index < -0.39 is 0 Å². The first-order valence-corrected chi connectivity index (χ1v) is 9.45. The first kappa shape index (κ1) is 19.0. The van der Waals surface area contributed by atoms with Gasteiger partial charge in [0.2, 0.25) is 5.91 Å². The van der Waals surface area contributed by atoms with E-state index in [1.54, 1.807) is 23.1 Å². The molecule has 0 bridgehead atoms. The number of hydrogen-bond acceptors (Lipinski definition) is 3. The molecule has 1 heterocycles. The molecule has 1 aromatic heterocycles. The molecule has 3 rings (SSSR count). The summed E-state index contributed by atoms with van der Waals surface area (Å²) in [5.41, 5.74) is 1.55. The molecule has 27 heavy (non-hydrogen) atoms. The van der Waals surface area contributed by atoms with Crippen LogP contribution >= 0.6 is 15.9 Å². The van der Waals surface area contributed by atoms with Gasteiger partial charge in [-0.2, -0.15) is 0 Å². The molecular formula is C21H20BrN3O2. The van der Waals surface area contributed by atoms with Gasteiger partial charge in [-0.25, -0.2) is 4.98 Å². The highest BCUT2D eigenvalue weighted by Gasteiger charge is 2.14. The second-order valence-corrected chi connectivity index (χ2v) is 7.12. The lowest BCUT2D eigenvalue weighted by atomic mass is 10.2. The monoisotopic (exact) mass is 425 g/mol. The van der Waals surface area contributed by atoms with E-state index in [0.29, 0.717) is 24.0 Å². The van der Waals surface area contributed by atoms with Gasteiger partial charge in [0.25, 0.3) is 5.56 Å². The van der Waals surface area contributed by atoms with E-state index >= 15 is 0 Å². The van der Waals surface area contributed by atoms with E-state index in [-0.39, 0.29) is 24.4 Å². The maximum absolute atomic E-state index is 12.7. The zero-order valence-corrected chi connectivity index (χ0v) is 16.4. The standard InChI is InChI=1S/C21H20BrN3O2/c1-2-11-24(14-16-6-4-3-5-7-16)20(26)10-12-25-15-23-19-9-8-17(22)13-18(19)21(25)27/h2-9,13,15H,1,10-12,14H2. The lowest BCUT2D eigenvalue weighted by molar-refractivity contribution is -0.131. The normalized spacial score (nSPS) is 10.7. The first-order chi connectivity index (χ1) is 13.1. The van der Waals surface area contributed by atoms with Crippen molar-refractivity contribution in [3.05, 3.63) is 87.9 Å². The molecule has 0 radical (unpaired) electrons. The minimum atomic E-state index is -0.146. The number of benzene rings is 2.